The summed E-state index contributed by atoms with van der Waals surface area (Å²) in [5.41, 5.74) is 0. The molecule has 4 amide bonds. The van der Waals surface area contributed by atoms with Crippen LogP contribution < -0.4 is 5.32 Å². The molecule has 1 aliphatic rings. The molecule has 1 saturated heterocycles. The summed E-state index contributed by atoms with van der Waals surface area (Å²) in [5, 5.41) is 2.96. The lowest BCUT2D eigenvalue weighted by atomic mass is 10.3. The lowest BCUT2D eigenvalue weighted by Crippen LogP contribution is -2.54. The zero-order valence-electron chi connectivity index (χ0n) is 13.5. The molecule has 1 N–H and O–H groups in total. The summed E-state index contributed by atoms with van der Waals surface area (Å²) in [7, 11) is 3.49. The van der Waals surface area contributed by atoms with Gasteiger partial charge in [0.25, 0.3) is 0 Å². The van der Waals surface area contributed by atoms with E-state index < -0.39 is 0 Å². The molecule has 0 spiro atoms. The number of piperazine rings is 1. The predicted molar refractivity (Wildman–Crippen MR) is 88.2 cm³/mol. The van der Waals surface area contributed by atoms with E-state index in [1.807, 2.05) is 0 Å². The molecule has 0 atom stereocenters. The monoisotopic (exact) mass is 324 g/mol. The Balaban J connectivity index is 1.76. The minimum atomic E-state index is -0.0524. The van der Waals surface area contributed by atoms with Crippen LogP contribution in [-0.4, -0.2) is 67.0 Å². The Morgan fingerprint density at radius 2 is 1.73 bits per heavy atom. The van der Waals surface area contributed by atoms with Crippen molar-refractivity contribution in [2.45, 2.75) is 19.9 Å². The van der Waals surface area contributed by atoms with Crippen molar-refractivity contribution in [1.82, 2.24) is 20.0 Å². The molecule has 122 valence electrons. The van der Waals surface area contributed by atoms with Gasteiger partial charge in [-0.25, -0.2) is 9.59 Å². The van der Waals surface area contributed by atoms with E-state index in [1.54, 1.807) is 40.1 Å². The molecule has 6 nitrogen and oxygen atoms in total. The van der Waals surface area contributed by atoms with Gasteiger partial charge in [-0.05, 0) is 18.6 Å². The van der Waals surface area contributed by atoms with Crippen LogP contribution in [0.25, 0.3) is 0 Å². The molecule has 0 aliphatic carbocycles. The van der Waals surface area contributed by atoms with Crippen LogP contribution in [0.5, 0.6) is 0 Å². The van der Waals surface area contributed by atoms with E-state index in [9.17, 15) is 9.59 Å². The highest BCUT2D eigenvalue weighted by Crippen LogP contribution is 2.16. The first-order valence-electron chi connectivity index (χ1n) is 7.58. The minimum absolute atomic E-state index is 0.00531. The molecule has 0 radical (unpaired) electrons. The Kier molecular flexibility index (Phi) is 5.65. The molecule has 1 aliphatic heterocycles. The molecular weight excluding hydrogens is 300 g/mol. The summed E-state index contributed by atoms with van der Waals surface area (Å²) in [6.45, 7) is 5.03. The fraction of sp³-hybridized carbons (Fsp3) is 0.600. The topological polar surface area (TPSA) is 55.9 Å². The number of carbonyl (C=O) groups excluding carboxylic acids is 2. The minimum Gasteiger partial charge on any atom is -0.333 e. The van der Waals surface area contributed by atoms with E-state index in [-0.39, 0.29) is 12.1 Å². The van der Waals surface area contributed by atoms with Crippen LogP contribution in [0.1, 0.15) is 16.7 Å². The Labute approximate surface area is 135 Å². The molecule has 0 unspecified atom stereocenters. The van der Waals surface area contributed by atoms with Gasteiger partial charge in [0.1, 0.15) is 0 Å². The summed E-state index contributed by atoms with van der Waals surface area (Å²) >= 11 is 1.74. The maximum Gasteiger partial charge on any atom is 0.319 e. The number of rotatable bonds is 3. The SMILES string of the molecule is CCc1ccc(CNC(=O)N2CCN(C(=O)N(C)C)CC2)s1. The number of hydrogen-bond donors (Lipinski definition) is 1. The standard InChI is InChI=1S/C15H24N4O2S/c1-4-12-5-6-13(22-12)11-16-14(20)18-7-9-19(10-8-18)15(21)17(2)3/h5-6H,4,7-11H2,1-3H3,(H,16,20). The van der Waals surface area contributed by atoms with Crippen LogP contribution >= 0.6 is 11.3 Å². The third kappa shape index (κ3) is 4.13. The van der Waals surface area contributed by atoms with Gasteiger partial charge in [-0.2, -0.15) is 0 Å². The first-order chi connectivity index (χ1) is 10.5. The van der Waals surface area contributed by atoms with Gasteiger partial charge >= 0.3 is 12.1 Å². The van der Waals surface area contributed by atoms with Gasteiger partial charge in [0.2, 0.25) is 0 Å². The zero-order valence-corrected chi connectivity index (χ0v) is 14.3. The van der Waals surface area contributed by atoms with Crippen LogP contribution in [-0.2, 0) is 13.0 Å². The second-order valence-electron chi connectivity index (χ2n) is 5.53. The van der Waals surface area contributed by atoms with E-state index in [2.05, 4.69) is 24.4 Å². The Bertz CT molecular complexity index is 521. The van der Waals surface area contributed by atoms with Gasteiger partial charge in [0.15, 0.2) is 0 Å². The van der Waals surface area contributed by atoms with Crippen molar-refractivity contribution in [2.24, 2.45) is 0 Å². The lowest BCUT2D eigenvalue weighted by molar-refractivity contribution is 0.128. The molecule has 0 saturated carbocycles. The summed E-state index contributed by atoms with van der Waals surface area (Å²) in [6, 6.07) is 4.13. The highest BCUT2D eigenvalue weighted by molar-refractivity contribution is 7.11. The van der Waals surface area contributed by atoms with Crippen LogP contribution in [0.2, 0.25) is 0 Å². The number of nitrogens with one attached hydrogen (secondary N) is 1. The number of urea groups is 2. The van der Waals surface area contributed by atoms with Crippen LogP contribution in [0, 0.1) is 0 Å². The number of hydrogen-bond acceptors (Lipinski definition) is 3. The molecule has 2 rings (SSSR count). The second kappa shape index (κ2) is 7.49. The smallest absolute Gasteiger partial charge is 0.319 e. The van der Waals surface area contributed by atoms with Gasteiger partial charge in [-0.3, -0.25) is 0 Å². The van der Waals surface area contributed by atoms with E-state index >= 15 is 0 Å². The molecule has 2 heterocycles. The first-order valence-corrected chi connectivity index (χ1v) is 8.39. The number of carbonyl (C=O) groups is 2. The van der Waals surface area contributed by atoms with E-state index in [1.165, 1.54) is 9.75 Å². The van der Waals surface area contributed by atoms with Crippen LogP contribution in [0.3, 0.4) is 0 Å². The number of aryl methyl sites for hydroxylation is 1. The quantitative estimate of drug-likeness (QED) is 0.922. The predicted octanol–water partition coefficient (Wildman–Crippen LogP) is 1.82. The van der Waals surface area contributed by atoms with E-state index in [0.717, 1.165) is 6.42 Å². The highest BCUT2D eigenvalue weighted by Gasteiger charge is 2.24. The fourth-order valence-electron chi connectivity index (χ4n) is 2.37. The largest absolute Gasteiger partial charge is 0.333 e. The number of thiophene rings is 1. The molecular formula is C15H24N4O2S. The van der Waals surface area contributed by atoms with Crippen LogP contribution in [0.4, 0.5) is 9.59 Å². The van der Waals surface area contributed by atoms with E-state index in [0.29, 0.717) is 32.7 Å². The maximum atomic E-state index is 12.2. The summed E-state index contributed by atoms with van der Waals surface area (Å²) in [4.78, 5) is 31.6. The zero-order chi connectivity index (χ0) is 16.1. The Hall–Kier alpha value is -1.76. The number of nitrogens with zero attached hydrogens (tertiary/aromatic N) is 3. The molecule has 0 aromatic carbocycles. The van der Waals surface area contributed by atoms with Gasteiger partial charge < -0.3 is 20.0 Å². The third-order valence-corrected chi connectivity index (χ3v) is 4.93. The normalized spacial score (nSPS) is 14.9. The van der Waals surface area contributed by atoms with Crippen molar-refractivity contribution < 1.29 is 9.59 Å². The van der Waals surface area contributed by atoms with Crippen molar-refractivity contribution >= 4 is 23.4 Å². The average molecular weight is 324 g/mol. The van der Waals surface area contributed by atoms with Gasteiger partial charge in [-0.15, -0.1) is 11.3 Å². The summed E-state index contributed by atoms with van der Waals surface area (Å²) in [5.74, 6) is 0. The second-order valence-corrected chi connectivity index (χ2v) is 6.78. The fourth-order valence-corrected chi connectivity index (χ4v) is 3.26. The Morgan fingerprint density at radius 3 is 2.27 bits per heavy atom. The summed E-state index contributed by atoms with van der Waals surface area (Å²) in [6.07, 6.45) is 1.03. The molecule has 1 aromatic rings. The van der Waals surface area contributed by atoms with E-state index in [4.69, 9.17) is 0 Å². The molecule has 1 aromatic heterocycles. The van der Waals surface area contributed by atoms with Gasteiger partial charge in [-0.1, -0.05) is 6.92 Å². The molecule has 1 fully saturated rings. The van der Waals surface area contributed by atoms with Gasteiger partial charge in [0, 0.05) is 50.0 Å². The van der Waals surface area contributed by atoms with Crippen molar-refractivity contribution in [3.63, 3.8) is 0 Å². The van der Waals surface area contributed by atoms with Crippen LogP contribution in [0.15, 0.2) is 12.1 Å². The molecule has 22 heavy (non-hydrogen) atoms. The third-order valence-electron chi connectivity index (χ3n) is 3.70. The lowest BCUT2D eigenvalue weighted by Gasteiger charge is -2.35. The van der Waals surface area contributed by atoms with Gasteiger partial charge in [0.05, 0.1) is 6.54 Å². The van der Waals surface area contributed by atoms with Crippen molar-refractivity contribution in [2.75, 3.05) is 40.3 Å². The average Bonchev–Trinajstić information content (AvgIpc) is 3.00. The maximum absolute atomic E-state index is 12.2. The summed E-state index contributed by atoms with van der Waals surface area (Å²) < 4.78 is 0. The highest BCUT2D eigenvalue weighted by atomic mass is 32.1. The van der Waals surface area contributed by atoms with Crippen molar-refractivity contribution in [3.05, 3.63) is 21.9 Å². The number of amides is 4. The molecule has 7 heteroatoms. The molecule has 0 bridgehead atoms. The first kappa shape index (κ1) is 16.6. The van der Waals surface area contributed by atoms with Crippen molar-refractivity contribution in [1.29, 1.82) is 0 Å². The van der Waals surface area contributed by atoms with Crippen molar-refractivity contribution in [3.8, 4) is 0 Å². The Morgan fingerprint density at radius 1 is 1.14 bits per heavy atom.